The lowest BCUT2D eigenvalue weighted by molar-refractivity contribution is 0.0598. The van der Waals surface area contributed by atoms with Crippen LogP contribution in [-0.4, -0.2) is 82.1 Å². The third kappa shape index (κ3) is 6.40. The van der Waals surface area contributed by atoms with Gasteiger partial charge < -0.3 is 14.8 Å². The Kier molecular flexibility index (Phi) is 8.02. The molecule has 182 valence electrons. The number of sulfonamides is 1. The summed E-state index contributed by atoms with van der Waals surface area (Å²) in [6.07, 6.45) is 1.21. The first-order valence-electron chi connectivity index (χ1n) is 10.5. The summed E-state index contributed by atoms with van der Waals surface area (Å²) in [6, 6.07) is 11.2. The lowest BCUT2D eigenvalue weighted by Gasteiger charge is -2.33. The second-order valence-electron chi connectivity index (χ2n) is 7.87. The topological polar surface area (TPSA) is 122 Å². The second-order valence-corrected chi connectivity index (χ2v) is 9.86. The normalized spacial score (nSPS) is 14.9. The molecule has 0 aliphatic carbocycles. The van der Waals surface area contributed by atoms with E-state index in [1.807, 2.05) is 6.07 Å². The first-order valence-corrected chi connectivity index (χ1v) is 12.3. The van der Waals surface area contributed by atoms with Crippen LogP contribution in [0.3, 0.4) is 0 Å². The van der Waals surface area contributed by atoms with Crippen LogP contribution in [0.4, 0.5) is 5.69 Å². The number of amides is 1. The van der Waals surface area contributed by atoms with Crippen LogP contribution in [0.5, 0.6) is 0 Å². The average molecular weight is 490 g/mol. The van der Waals surface area contributed by atoms with Crippen molar-refractivity contribution in [3.63, 3.8) is 0 Å². The SMILES string of the molecule is COC(=O)c1cc(NC(=O)c2cccc(CN3CCN(S(C)(=O)=O)CC3)c2)cc(C(=O)OC)c1. The number of carbonyl (C=O) groups is 3. The van der Waals surface area contributed by atoms with Gasteiger partial charge in [-0.2, -0.15) is 4.31 Å². The zero-order chi connectivity index (χ0) is 24.9. The van der Waals surface area contributed by atoms with E-state index in [2.05, 4.69) is 10.2 Å². The van der Waals surface area contributed by atoms with Crippen LogP contribution in [0.1, 0.15) is 36.6 Å². The predicted molar refractivity (Wildman–Crippen MR) is 125 cm³/mol. The monoisotopic (exact) mass is 489 g/mol. The van der Waals surface area contributed by atoms with Crippen molar-refractivity contribution in [1.82, 2.24) is 9.21 Å². The second kappa shape index (κ2) is 10.8. The molecule has 0 spiro atoms. The van der Waals surface area contributed by atoms with Crippen molar-refractivity contribution in [2.24, 2.45) is 0 Å². The summed E-state index contributed by atoms with van der Waals surface area (Å²) < 4.78 is 34.3. The van der Waals surface area contributed by atoms with Gasteiger partial charge >= 0.3 is 11.9 Å². The molecule has 11 heteroatoms. The van der Waals surface area contributed by atoms with E-state index in [4.69, 9.17) is 9.47 Å². The first-order chi connectivity index (χ1) is 16.1. The highest BCUT2D eigenvalue weighted by atomic mass is 32.2. The van der Waals surface area contributed by atoms with Crippen LogP contribution < -0.4 is 5.32 Å². The third-order valence-electron chi connectivity index (χ3n) is 5.43. The zero-order valence-corrected chi connectivity index (χ0v) is 20.1. The first kappa shape index (κ1) is 25.3. The number of nitrogens with one attached hydrogen (secondary N) is 1. The molecular weight excluding hydrogens is 462 g/mol. The van der Waals surface area contributed by atoms with Gasteiger partial charge in [0.1, 0.15) is 0 Å². The van der Waals surface area contributed by atoms with E-state index in [9.17, 15) is 22.8 Å². The van der Waals surface area contributed by atoms with E-state index in [1.165, 1.54) is 43.0 Å². The maximum atomic E-state index is 12.9. The van der Waals surface area contributed by atoms with E-state index in [0.29, 0.717) is 38.3 Å². The maximum Gasteiger partial charge on any atom is 0.337 e. The van der Waals surface area contributed by atoms with Gasteiger partial charge in [-0.05, 0) is 35.9 Å². The molecule has 1 aliphatic heterocycles. The molecule has 1 saturated heterocycles. The van der Waals surface area contributed by atoms with Gasteiger partial charge in [0.2, 0.25) is 10.0 Å². The van der Waals surface area contributed by atoms with Crippen molar-refractivity contribution in [2.75, 3.05) is 52.0 Å². The number of benzene rings is 2. The minimum absolute atomic E-state index is 0.0997. The molecule has 0 aromatic heterocycles. The fourth-order valence-electron chi connectivity index (χ4n) is 3.66. The largest absolute Gasteiger partial charge is 0.465 e. The quantitative estimate of drug-likeness (QED) is 0.582. The summed E-state index contributed by atoms with van der Waals surface area (Å²) in [5, 5.41) is 2.71. The van der Waals surface area contributed by atoms with E-state index in [-0.39, 0.29) is 16.8 Å². The van der Waals surface area contributed by atoms with E-state index in [1.54, 1.807) is 18.2 Å². The van der Waals surface area contributed by atoms with Gasteiger partial charge in [0, 0.05) is 44.0 Å². The average Bonchev–Trinajstić information content (AvgIpc) is 2.82. The van der Waals surface area contributed by atoms with Gasteiger partial charge in [0.05, 0.1) is 31.6 Å². The van der Waals surface area contributed by atoms with Crippen LogP contribution in [0.2, 0.25) is 0 Å². The number of rotatable bonds is 7. The van der Waals surface area contributed by atoms with Crippen LogP contribution in [-0.2, 0) is 26.0 Å². The van der Waals surface area contributed by atoms with Crippen molar-refractivity contribution in [1.29, 1.82) is 0 Å². The minimum atomic E-state index is -3.19. The molecule has 2 aromatic carbocycles. The molecule has 3 rings (SSSR count). The summed E-state index contributed by atoms with van der Waals surface area (Å²) in [7, 11) is -0.754. The van der Waals surface area contributed by atoms with E-state index in [0.717, 1.165) is 5.56 Å². The van der Waals surface area contributed by atoms with Crippen molar-refractivity contribution in [3.8, 4) is 0 Å². The highest BCUT2D eigenvalue weighted by Gasteiger charge is 2.23. The molecule has 0 unspecified atom stereocenters. The lowest BCUT2D eigenvalue weighted by Crippen LogP contribution is -2.47. The molecule has 1 heterocycles. The molecule has 0 atom stereocenters. The Morgan fingerprint density at radius 2 is 1.47 bits per heavy atom. The van der Waals surface area contributed by atoms with Gasteiger partial charge in [-0.25, -0.2) is 18.0 Å². The standard InChI is InChI=1S/C23H27N3O7S/c1-32-22(28)18-12-19(23(29)33-2)14-20(13-18)24-21(27)17-6-4-5-16(11-17)15-25-7-9-26(10-8-25)34(3,30)31/h4-6,11-14H,7-10,15H2,1-3H3,(H,24,27). The van der Waals surface area contributed by atoms with Crippen LogP contribution in [0.15, 0.2) is 42.5 Å². The number of methoxy groups -OCH3 is 2. The fourth-order valence-corrected chi connectivity index (χ4v) is 4.49. The Labute approximate surface area is 198 Å². The highest BCUT2D eigenvalue weighted by Crippen LogP contribution is 2.19. The number of carbonyl (C=O) groups excluding carboxylic acids is 3. The Balaban J connectivity index is 1.72. The van der Waals surface area contributed by atoms with Crippen LogP contribution in [0.25, 0.3) is 0 Å². The van der Waals surface area contributed by atoms with Crippen LogP contribution in [0, 0.1) is 0 Å². The summed E-state index contributed by atoms with van der Waals surface area (Å²) in [5.74, 6) is -1.72. The number of ether oxygens (including phenoxy) is 2. The lowest BCUT2D eigenvalue weighted by atomic mass is 10.1. The number of piperazine rings is 1. The number of hydrogen-bond donors (Lipinski definition) is 1. The van der Waals surface area contributed by atoms with Gasteiger partial charge in [-0.3, -0.25) is 9.69 Å². The molecule has 1 N–H and O–H groups in total. The Morgan fingerprint density at radius 1 is 0.882 bits per heavy atom. The minimum Gasteiger partial charge on any atom is -0.465 e. The zero-order valence-electron chi connectivity index (χ0n) is 19.2. The number of hydrogen-bond acceptors (Lipinski definition) is 8. The Bertz CT molecular complexity index is 1150. The van der Waals surface area contributed by atoms with Gasteiger partial charge in [0.15, 0.2) is 0 Å². The summed E-state index contributed by atoms with van der Waals surface area (Å²) in [6.45, 7) is 2.62. The van der Waals surface area contributed by atoms with E-state index < -0.39 is 27.9 Å². The molecule has 0 saturated carbocycles. The van der Waals surface area contributed by atoms with Crippen molar-refractivity contribution in [2.45, 2.75) is 6.54 Å². The van der Waals surface area contributed by atoms with E-state index >= 15 is 0 Å². The molecule has 10 nitrogen and oxygen atoms in total. The fraction of sp³-hybridized carbons (Fsp3) is 0.348. The van der Waals surface area contributed by atoms with Crippen molar-refractivity contribution < 1.29 is 32.3 Å². The molecule has 1 aliphatic rings. The predicted octanol–water partition coefficient (Wildman–Crippen LogP) is 1.59. The molecule has 0 bridgehead atoms. The molecule has 34 heavy (non-hydrogen) atoms. The molecule has 1 amide bonds. The van der Waals surface area contributed by atoms with Gasteiger partial charge in [0.25, 0.3) is 5.91 Å². The van der Waals surface area contributed by atoms with Gasteiger partial charge in [-0.1, -0.05) is 12.1 Å². The Hall–Kier alpha value is -3.28. The molecule has 2 aromatic rings. The molecular formula is C23H27N3O7S. The van der Waals surface area contributed by atoms with Crippen molar-refractivity contribution >= 4 is 33.6 Å². The molecule has 0 radical (unpaired) electrons. The smallest absolute Gasteiger partial charge is 0.337 e. The van der Waals surface area contributed by atoms with Crippen molar-refractivity contribution in [3.05, 3.63) is 64.7 Å². The van der Waals surface area contributed by atoms with Gasteiger partial charge in [-0.15, -0.1) is 0 Å². The third-order valence-corrected chi connectivity index (χ3v) is 6.73. The maximum absolute atomic E-state index is 12.9. The van der Waals surface area contributed by atoms with Crippen LogP contribution >= 0.6 is 0 Å². The summed E-state index contributed by atoms with van der Waals surface area (Å²) in [4.78, 5) is 38.9. The number of anilines is 1. The number of nitrogens with zero attached hydrogens (tertiary/aromatic N) is 2. The summed E-state index contributed by atoms with van der Waals surface area (Å²) in [5.41, 5.74) is 1.75. The molecule has 1 fully saturated rings. The highest BCUT2D eigenvalue weighted by molar-refractivity contribution is 7.88. The Morgan fingerprint density at radius 3 is 2.00 bits per heavy atom. The summed E-state index contributed by atoms with van der Waals surface area (Å²) >= 11 is 0. The number of esters is 2.